The van der Waals surface area contributed by atoms with Gasteiger partial charge < -0.3 is 37.6 Å². The van der Waals surface area contributed by atoms with E-state index in [0.29, 0.717) is 5.56 Å². The zero-order valence-electron chi connectivity index (χ0n) is 20.9. The van der Waals surface area contributed by atoms with Crippen LogP contribution in [0.1, 0.15) is 24.0 Å². The van der Waals surface area contributed by atoms with Crippen LogP contribution in [0, 0.1) is 0 Å². The molecule has 4 atom stereocenters. The summed E-state index contributed by atoms with van der Waals surface area (Å²) < 4.78 is 0. The lowest BCUT2D eigenvalue weighted by atomic mass is 10.0. The standard InChI is InChI=1S/C26H31N5O8/c27-17(11-15-7-3-1-4-8-15)23(35)29-18(12-16-9-5-2-6-10-16)24(36)30-19(14-22(33)34)25(37)31-20(26(38)39)13-21(28)32/h1-10,17-20H,11-14,27H2,(H2,28,32)(H,29,35)(H,30,36)(H,31,37)(H,33,34)(H,38,39). The number of nitrogens with one attached hydrogen (secondary N) is 3. The van der Waals surface area contributed by atoms with Gasteiger partial charge in [-0.25, -0.2) is 4.79 Å². The van der Waals surface area contributed by atoms with Crippen molar-refractivity contribution in [2.24, 2.45) is 11.5 Å². The van der Waals surface area contributed by atoms with E-state index in [4.69, 9.17) is 11.5 Å². The molecule has 0 saturated carbocycles. The summed E-state index contributed by atoms with van der Waals surface area (Å²) in [6, 6.07) is 11.9. The van der Waals surface area contributed by atoms with Crippen LogP contribution in [0.4, 0.5) is 0 Å². The summed E-state index contributed by atoms with van der Waals surface area (Å²) in [6.45, 7) is 0. The highest BCUT2D eigenvalue weighted by atomic mass is 16.4. The lowest BCUT2D eigenvalue weighted by Gasteiger charge is -2.24. The molecular weight excluding hydrogens is 510 g/mol. The molecule has 39 heavy (non-hydrogen) atoms. The molecule has 13 heteroatoms. The number of amides is 4. The Labute approximate surface area is 223 Å². The molecule has 2 aromatic carbocycles. The maximum absolute atomic E-state index is 13.2. The van der Waals surface area contributed by atoms with Crippen molar-refractivity contribution in [2.45, 2.75) is 49.9 Å². The normalized spacial score (nSPS) is 13.7. The third-order valence-electron chi connectivity index (χ3n) is 5.58. The number of carboxylic acid groups (broad SMARTS) is 2. The zero-order chi connectivity index (χ0) is 28.9. The van der Waals surface area contributed by atoms with Crippen LogP contribution in [0.15, 0.2) is 60.7 Å². The number of hydrogen-bond donors (Lipinski definition) is 7. The topological polar surface area (TPSA) is 231 Å². The second kappa shape index (κ2) is 14.8. The number of benzene rings is 2. The molecule has 0 heterocycles. The second-order valence-electron chi connectivity index (χ2n) is 8.78. The summed E-state index contributed by atoms with van der Waals surface area (Å²) in [6.07, 6.45) is -1.48. The highest BCUT2D eigenvalue weighted by Gasteiger charge is 2.32. The molecule has 9 N–H and O–H groups in total. The van der Waals surface area contributed by atoms with Gasteiger partial charge in [-0.05, 0) is 17.5 Å². The van der Waals surface area contributed by atoms with Gasteiger partial charge in [0.2, 0.25) is 23.6 Å². The Morgan fingerprint density at radius 1 is 0.641 bits per heavy atom. The van der Waals surface area contributed by atoms with Crippen LogP contribution in [0.25, 0.3) is 0 Å². The number of carboxylic acids is 2. The molecule has 2 aromatic rings. The molecule has 208 valence electrons. The van der Waals surface area contributed by atoms with E-state index in [2.05, 4.69) is 10.6 Å². The van der Waals surface area contributed by atoms with Crippen molar-refractivity contribution in [1.82, 2.24) is 16.0 Å². The minimum atomic E-state index is -1.74. The molecule has 0 aliphatic heterocycles. The Balaban J connectivity index is 2.22. The summed E-state index contributed by atoms with van der Waals surface area (Å²) >= 11 is 0. The first-order valence-corrected chi connectivity index (χ1v) is 11.9. The molecule has 4 amide bonds. The van der Waals surface area contributed by atoms with Gasteiger partial charge in [0, 0.05) is 6.42 Å². The molecule has 0 aromatic heterocycles. The fourth-order valence-electron chi connectivity index (χ4n) is 3.63. The van der Waals surface area contributed by atoms with Gasteiger partial charge in [-0.1, -0.05) is 60.7 Å². The lowest BCUT2D eigenvalue weighted by Crippen LogP contribution is -2.58. The fraction of sp³-hybridized carbons (Fsp3) is 0.308. The highest BCUT2D eigenvalue weighted by Crippen LogP contribution is 2.07. The Hall–Kier alpha value is -4.78. The second-order valence-corrected chi connectivity index (χ2v) is 8.78. The zero-order valence-corrected chi connectivity index (χ0v) is 20.9. The lowest BCUT2D eigenvalue weighted by molar-refractivity contribution is -0.144. The minimum Gasteiger partial charge on any atom is -0.481 e. The average molecular weight is 542 g/mol. The first-order valence-electron chi connectivity index (χ1n) is 11.9. The quantitative estimate of drug-likeness (QED) is 0.142. The molecule has 0 radical (unpaired) electrons. The van der Waals surface area contributed by atoms with Crippen molar-refractivity contribution < 1.29 is 39.0 Å². The van der Waals surface area contributed by atoms with Crippen LogP contribution < -0.4 is 27.4 Å². The maximum Gasteiger partial charge on any atom is 0.326 e. The number of hydrogen-bond acceptors (Lipinski definition) is 7. The minimum absolute atomic E-state index is 0.0166. The molecule has 0 fully saturated rings. The van der Waals surface area contributed by atoms with Gasteiger partial charge in [0.15, 0.2) is 0 Å². The summed E-state index contributed by atoms with van der Waals surface area (Å²) in [4.78, 5) is 72.7. The average Bonchev–Trinajstić information content (AvgIpc) is 2.88. The predicted octanol–water partition coefficient (Wildman–Crippen LogP) is -1.31. The highest BCUT2D eigenvalue weighted by molar-refractivity contribution is 5.96. The third kappa shape index (κ3) is 10.6. The van der Waals surface area contributed by atoms with Gasteiger partial charge in [-0.2, -0.15) is 0 Å². The maximum atomic E-state index is 13.2. The number of nitrogens with two attached hydrogens (primary N) is 2. The summed E-state index contributed by atoms with van der Waals surface area (Å²) in [7, 11) is 0. The Morgan fingerprint density at radius 3 is 1.59 bits per heavy atom. The summed E-state index contributed by atoms with van der Waals surface area (Å²) in [5.41, 5.74) is 12.5. The van der Waals surface area contributed by atoms with E-state index >= 15 is 0 Å². The molecule has 4 unspecified atom stereocenters. The Kier molecular flexibility index (Phi) is 11.6. The molecule has 0 saturated heterocycles. The molecular formula is C26H31N5O8. The van der Waals surface area contributed by atoms with Gasteiger partial charge in [0.1, 0.15) is 18.1 Å². The number of carbonyl (C=O) groups excluding carboxylic acids is 4. The molecule has 0 bridgehead atoms. The van der Waals surface area contributed by atoms with Gasteiger partial charge in [-0.3, -0.25) is 24.0 Å². The van der Waals surface area contributed by atoms with Gasteiger partial charge in [0.05, 0.1) is 18.9 Å². The van der Waals surface area contributed by atoms with Crippen LogP contribution in [0.3, 0.4) is 0 Å². The monoisotopic (exact) mass is 541 g/mol. The summed E-state index contributed by atoms with van der Waals surface area (Å²) in [5.74, 6) is -6.78. The summed E-state index contributed by atoms with van der Waals surface area (Å²) in [5, 5.41) is 25.3. The van der Waals surface area contributed by atoms with E-state index in [9.17, 15) is 39.0 Å². The van der Waals surface area contributed by atoms with E-state index in [1.807, 2.05) is 11.4 Å². The van der Waals surface area contributed by atoms with Gasteiger partial charge in [0.25, 0.3) is 0 Å². The van der Waals surface area contributed by atoms with Crippen molar-refractivity contribution >= 4 is 35.6 Å². The SMILES string of the molecule is NC(=O)CC(NC(=O)C(CC(=O)O)NC(=O)C(Cc1ccccc1)NC(=O)C(N)Cc1ccccc1)C(=O)O. The number of carbonyl (C=O) groups is 6. The molecule has 13 nitrogen and oxygen atoms in total. The van der Waals surface area contributed by atoms with Crippen LogP contribution in [-0.4, -0.2) is 69.9 Å². The molecule has 0 spiro atoms. The van der Waals surface area contributed by atoms with Crippen molar-refractivity contribution in [3.05, 3.63) is 71.8 Å². The van der Waals surface area contributed by atoms with Gasteiger partial charge >= 0.3 is 11.9 Å². The van der Waals surface area contributed by atoms with E-state index in [1.165, 1.54) is 0 Å². The van der Waals surface area contributed by atoms with Crippen LogP contribution in [0.5, 0.6) is 0 Å². The van der Waals surface area contributed by atoms with E-state index < -0.39 is 72.6 Å². The Morgan fingerprint density at radius 2 is 1.10 bits per heavy atom. The molecule has 2 rings (SSSR count). The Bertz CT molecular complexity index is 1180. The van der Waals surface area contributed by atoms with Crippen molar-refractivity contribution in [3.63, 3.8) is 0 Å². The van der Waals surface area contributed by atoms with Crippen molar-refractivity contribution in [2.75, 3.05) is 0 Å². The molecule has 0 aliphatic carbocycles. The van der Waals surface area contributed by atoms with Crippen LogP contribution >= 0.6 is 0 Å². The number of aliphatic carboxylic acids is 2. The van der Waals surface area contributed by atoms with Crippen molar-refractivity contribution in [3.8, 4) is 0 Å². The first kappa shape index (κ1) is 30.4. The van der Waals surface area contributed by atoms with E-state index in [-0.39, 0.29) is 12.8 Å². The smallest absolute Gasteiger partial charge is 0.326 e. The third-order valence-corrected chi connectivity index (χ3v) is 5.58. The van der Waals surface area contributed by atoms with E-state index in [0.717, 1.165) is 5.56 Å². The number of primary amides is 1. The molecule has 0 aliphatic rings. The van der Waals surface area contributed by atoms with Crippen LogP contribution in [0.2, 0.25) is 0 Å². The van der Waals surface area contributed by atoms with Crippen molar-refractivity contribution in [1.29, 1.82) is 0 Å². The number of rotatable bonds is 15. The van der Waals surface area contributed by atoms with Gasteiger partial charge in [-0.15, -0.1) is 0 Å². The largest absolute Gasteiger partial charge is 0.481 e. The van der Waals surface area contributed by atoms with E-state index in [1.54, 1.807) is 54.6 Å². The fourth-order valence-corrected chi connectivity index (χ4v) is 3.63. The van der Waals surface area contributed by atoms with Crippen LogP contribution in [-0.2, 0) is 41.6 Å². The first-order chi connectivity index (χ1) is 18.5. The predicted molar refractivity (Wildman–Crippen MR) is 138 cm³/mol.